The Bertz CT molecular complexity index is 211. The molecule has 0 aliphatic heterocycles. The van der Waals surface area contributed by atoms with Gasteiger partial charge in [0.2, 0.25) is 0 Å². The van der Waals surface area contributed by atoms with E-state index in [9.17, 15) is 0 Å². The molecule has 0 atom stereocenters. The van der Waals surface area contributed by atoms with Crippen molar-refractivity contribution >= 4 is 0 Å². The van der Waals surface area contributed by atoms with E-state index >= 15 is 0 Å². The lowest BCUT2D eigenvalue weighted by molar-refractivity contribution is 0.0444. The first-order valence-corrected chi connectivity index (χ1v) is 8.80. The van der Waals surface area contributed by atoms with Crippen molar-refractivity contribution in [2.45, 2.75) is 97.3 Å². The summed E-state index contributed by atoms with van der Waals surface area (Å²) in [5.41, 5.74) is 0.782. The van der Waals surface area contributed by atoms with Crippen LogP contribution >= 0.6 is 0 Å². The van der Waals surface area contributed by atoms with Gasteiger partial charge in [0.25, 0.3) is 0 Å². The fraction of sp³-hybridized carbons (Fsp3) is 1.00. The van der Waals surface area contributed by atoms with Gasteiger partial charge in [-0.1, -0.05) is 65.2 Å². The van der Waals surface area contributed by atoms with Crippen molar-refractivity contribution in [3.05, 3.63) is 0 Å². The second kappa shape index (κ2) is 6.96. The fourth-order valence-electron chi connectivity index (χ4n) is 5.09. The maximum Gasteiger partial charge on any atom is -0.0269 e. The van der Waals surface area contributed by atoms with E-state index in [0.717, 1.165) is 17.3 Å². The lowest BCUT2D eigenvalue weighted by Gasteiger charge is -2.47. The van der Waals surface area contributed by atoms with Gasteiger partial charge in [-0.2, -0.15) is 0 Å². The zero-order chi connectivity index (χ0) is 12.8. The lowest BCUT2D eigenvalue weighted by atomic mass is 9.59. The van der Waals surface area contributed by atoms with Gasteiger partial charge in [-0.25, -0.2) is 0 Å². The summed E-state index contributed by atoms with van der Waals surface area (Å²) in [6, 6.07) is 0. The number of rotatable bonds is 5. The summed E-state index contributed by atoms with van der Waals surface area (Å²) in [5, 5.41) is 0. The summed E-state index contributed by atoms with van der Waals surface area (Å²) < 4.78 is 0. The van der Waals surface area contributed by atoms with Crippen LogP contribution in [0.2, 0.25) is 0 Å². The van der Waals surface area contributed by atoms with Crippen LogP contribution < -0.4 is 0 Å². The van der Waals surface area contributed by atoms with Gasteiger partial charge in [0.1, 0.15) is 0 Å². The van der Waals surface area contributed by atoms with Gasteiger partial charge >= 0.3 is 0 Å². The van der Waals surface area contributed by atoms with Crippen LogP contribution in [0.4, 0.5) is 0 Å². The first-order chi connectivity index (χ1) is 8.80. The minimum atomic E-state index is 0.782. The van der Waals surface area contributed by atoms with Crippen LogP contribution in [0.3, 0.4) is 0 Å². The van der Waals surface area contributed by atoms with Crippen molar-refractivity contribution in [2.24, 2.45) is 17.3 Å². The molecule has 0 amide bonds. The molecule has 2 rings (SSSR count). The Labute approximate surface area is 115 Å². The molecule has 0 aromatic heterocycles. The Morgan fingerprint density at radius 3 is 2.06 bits per heavy atom. The largest absolute Gasteiger partial charge is 0.0654 e. The van der Waals surface area contributed by atoms with Crippen molar-refractivity contribution in [3.63, 3.8) is 0 Å². The molecule has 0 saturated heterocycles. The molecule has 2 saturated carbocycles. The smallest absolute Gasteiger partial charge is 0.0269 e. The molecule has 0 bridgehead atoms. The fourth-order valence-corrected chi connectivity index (χ4v) is 5.09. The van der Waals surface area contributed by atoms with Crippen LogP contribution in [0.25, 0.3) is 0 Å². The Kier molecular flexibility index (Phi) is 5.57. The van der Waals surface area contributed by atoms with Crippen molar-refractivity contribution in [2.75, 3.05) is 0 Å². The molecule has 0 heteroatoms. The summed E-state index contributed by atoms with van der Waals surface area (Å²) in [5.74, 6) is 2.17. The average Bonchev–Trinajstić information content (AvgIpc) is 2.41. The normalized spacial score (nSPS) is 32.3. The van der Waals surface area contributed by atoms with Crippen LogP contribution in [0, 0.1) is 17.3 Å². The third-order valence-corrected chi connectivity index (χ3v) is 6.01. The van der Waals surface area contributed by atoms with E-state index in [1.54, 1.807) is 38.5 Å². The van der Waals surface area contributed by atoms with E-state index in [4.69, 9.17) is 0 Å². The van der Waals surface area contributed by atoms with E-state index in [-0.39, 0.29) is 0 Å². The molecule has 106 valence electrons. The van der Waals surface area contributed by atoms with E-state index < -0.39 is 0 Å². The Balaban J connectivity index is 1.91. The molecule has 2 fully saturated rings. The van der Waals surface area contributed by atoms with Crippen LogP contribution in [0.15, 0.2) is 0 Å². The standard InChI is InChI=1S/C18H34/c1-3-8-16-9-11-17(12-10-16)18(13-4-2)14-6-5-7-15-18/h16-17H,3-15H2,1-2H3. The highest BCUT2D eigenvalue weighted by Gasteiger charge is 2.40. The van der Waals surface area contributed by atoms with Gasteiger partial charge in [-0.3, -0.25) is 0 Å². The van der Waals surface area contributed by atoms with Gasteiger partial charge in [0.05, 0.1) is 0 Å². The Morgan fingerprint density at radius 1 is 0.833 bits per heavy atom. The lowest BCUT2D eigenvalue weighted by Crippen LogP contribution is -2.35. The molecule has 0 N–H and O–H groups in total. The van der Waals surface area contributed by atoms with E-state index in [1.807, 2.05) is 0 Å². The van der Waals surface area contributed by atoms with Gasteiger partial charge in [-0.05, 0) is 49.4 Å². The highest BCUT2D eigenvalue weighted by atomic mass is 14.4. The monoisotopic (exact) mass is 250 g/mol. The maximum absolute atomic E-state index is 2.40. The molecule has 0 heterocycles. The third-order valence-electron chi connectivity index (χ3n) is 6.01. The molecule has 0 aromatic rings. The molecule has 2 aliphatic carbocycles. The van der Waals surface area contributed by atoms with Crippen molar-refractivity contribution in [3.8, 4) is 0 Å². The summed E-state index contributed by atoms with van der Waals surface area (Å²) in [6.45, 7) is 4.75. The minimum Gasteiger partial charge on any atom is -0.0654 e. The van der Waals surface area contributed by atoms with Crippen LogP contribution in [-0.2, 0) is 0 Å². The molecule has 0 aromatic carbocycles. The third kappa shape index (κ3) is 3.31. The molecule has 18 heavy (non-hydrogen) atoms. The molecule has 2 aliphatic rings. The quantitative estimate of drug-likeness (QED) is 0.534. The Morgan fingerprint density at radius 2 is 1.50 bits per heavy atom. The van der Waals surface area contributed by atoms with Gasteiger partial charge < -0.3 is 0 Å². The van der Waals surface area contributed by atoms with E-state index in [2.05, 4.69) is 13.8 Å². The van der Waals surface area contributed by atoms with Crippen LogP contribution in [0.1, 0.15) is 97.3 Å². The molecular formula is C18H34. The van der Waals surface area contributed by atoms with Gasteiger partial charge in [-0.15, -0.1) is 0 Å². The van der Waals surface area contributed by atoms with Crippen LogP contribution in [-0.4, -0.2) is 0 Å². The predicted molar refractivity (Wildman–Crippen MR) is 80.8 cm³/mol. The highest BCUT2D eigenvalue weighted by Crippen LogP contribution is 2.52. The SMILES string of the molecule is CCCC1CCC(C2(CCC)CCCCC2)CC1. The van der Waals surface area contributed by atoms with Crippen LogP contribution in [0.5, 0.6) is 0 Å². The summed E-state index contributed by atoms with van der Waals surface area (Å²) in [7, 11) is 0. The minimum absolute atomic E-state index is 0.782. The second-order valence-corrected chi connectivity index (χ2v) is 7.18. The topological polar surface area (TPSA) is 0 Å². The second-order valence-electron chi connectivity index (χ2n) is 7.18. The zero-order valence-electron chi connectivity index (χ0n) is 12.8. The summed E-state index contributed by atoms with van der Waals surface area (Å²) >= 11 is 0. The van der Waals surface area contributed by atoms with Crippen molar-refractivity contribution in [1.29, 1.82) is 0 Å². The first kappa shape index (κ1) is 14.4. The van der Waals surface area contributed by atoms with E-state index in [0.29, 0.717) is 0 Å². The predicted octanol–water partition coefficient (Wildman–Crippen LogP) is 6.34. The number of hydrogen-bond donors (Lipinski definition) is 0. The zero-order valence-corrected chi connectivity index (χ0v) is 12.8. The first-order valence-electron chi connectivity index (χ1n) is 8.80. The Hall–Kier alpha value is 0. The van der Waals surface area contributed by atoms with Crippen molar-refractivity contribution in [1.82, 2.24) is 0 Å². The summed E-state index contributed by atoms with van der Waals surface area (Å²) in [4.78, 5) is 0. The molecule has 0 unspecified atom stereocenters. The van der Waals surface area contributed by atoms with Gasteiger partial charge in [0, 0.05) is 0 Å². The summed E-state index contributed by atoms with van der Waals surface area (Å²) in [6.07, 6.45) is 19.7. The highest BCUT2D eigenvalue weighted by molar-refractivity contribution is 4.91. The van der Waals surface area contributed by atoms with Crippen molar-refractivity contribution < 1.29 is 0 Å². The molecule has 0 nitrogen and oxygen atoms in total. The number of hydrogen-bond acceptors (Lipinski definition) is 0. The van der Waals surface area contributed by atoms with E-state index in [1.165, 1.54) is 44.9 Å². The molecule has 0 radical (unpaired) electrons. The molecule has 0 spiro atoms. The molecular weight excluding hydrogens is 216 g/mol. The maximum atomic E-state index is 2.40. The average molecular weight is 250 g/mol. The van der Waals surface area contributed by atoms with Gasteiger partial charge in [0.15, 0.2) is 0 Å².